The predicted octanol–water partition coefficient (Wildman–Crippen LogP) is 2.13. The molecule has 1 amide bonds. The average molecular weight is 343 g/mol. The van der Waals surface area contributed by atoms with Gasteiger partial charge in [0.05, 0.1) is 28.5 Å². The van der Waals surface area contributed by atoms with Gasteiger partial charge in [-0.05, 0) is 18.2 Å². The van der Waals surface area contributed by atoms with E-state index in [0.717, 1.165) is 0 Å². The van der Waals surface area contributed by atoms with Gasteiger partial charge in [0.2, 0.25) is 0 Å². The number of aromatic nitrogens is 1. The number of sulfone groups is 1. The largest absolute Gasteiger partial charge is 0.275 e. The normalized spacial score (nSPS) is 14.5. The molecule has 124 valence electrons. The van der Waals surface area contributed by atoms with Crippen LogP contribution in [0.15, 0.2) is 58.8 Å². The van der Waals surface area contributed by atoms with Gasteiger partial charge in [-0.25, -0.2) is 13.4 Å². The topological polar surface area (TPSA) is 79.7 Å². The highest BCUT2D eigenvalue weighted by Crippen LogP contribution is 2.23. The maximum absolute atomic E-state index is 12.4. The predicted molar refractivity (Wildman–Crippen MR) is 90.6 cm³/mol. The van der Waals surface area contributed by atoms with E-state index in [0.29, 0.717) is 29.8 Å². The zero-order chi connectivity index (χ0) is 17.2. The molecule has 0 atom stereocenters. The second kappa shape index (κ2) is 6.52. The molecular weight excluding hydrogens is 326 g/mol. The molecule has 2 heterocycles. The monoisotopic (exact) mass is 343 g/mol. The number of rotatable bonds is 4. The van der Waals surface area contributed by atoms with Crippen molar-refractivity contribution in [1.29, 1.82) is 0 Å². The second-order valence-electron chi connectivity index (χ2n) is 5.37. The Bertz CT molecular complexity index is 892. The van der Waals surface area contributed by atoms with Crippen LogP contribution in [0.25, 0.3) is 0 Å². The molecule has 1 aromatic carbocycles. The van der Waals surface area contributed by atoms with Crippen molar-refractivity contribution in [3.05, 3.63) is 59.9 Å². The molecule has 0 bridgehead atoms. The van der Waals surface area contributed by atoms with Crippen LogP contribution in [0.2, 0.25) is 0 Å². The molecule has 2 aromatic rings. The molecule has 7 heteroatoms. The minimum atomic E-state index is -3.35. The molecular formula is C17H17N3O3S. The quantitative estimate of drug-likeness (QED) is 0.852. The third-order valence-electron chi connectivity index (χ3n) is 3.86. The zero-order valence-electron chi connectivity index (χ0n) is 13.2. The number of pyridine rings is 1. The Labute approximate surface area is 140 Å². The fourth-order valence-corrected chi connectivity index (χ4v) is 3.68. The minimum absolute atomic E-state index is 0.0234. The number of carbonyl (C=O) groups is 1. The molecule has 0 saturated heterocycles. The number of hydrogen-bond acceptors (Lipinski definition) is 5. The molecule has 0 spiro atoms. The zero-order valence-corrected chi connectivity index (χ0v) is 14.0. The molecule has 0 aliphatic carbocycles. The Balaban J connectivity index is 1.94. The van der Waals surface area contributed by atoms with E-state index >= 15 is 0 Å². The average Bonchev–Trinajstić information content (AvgIpc) is 3.12. The number of benzene rings is 1. The van der Waals surface area contributed by atoms with Crippen LogP contribution in [0.5, 0.6) is 0 Å². The number of amides is 1. The number of carbonyl (C=O) groups excluding carboxylic acids is 1. The standard InChI is InChI=1S/C17H17N3O3S/c1-2-24(22,23)16-8-4-3-7-14(16)15-9-11-20(19-15)17(21)13-6-5-10-18-12-13/h3-8,10,12H,2,9,11H2,1H3. The van der Waals surface area contributed by atoms with Gasteiger partial charge in [0.25, 0.3) is 5.91 Å². The van der Waals surface area contributed by atoms with Gasteiger partial charge in [-0.1, -0.05) is 25.1 Å². The number of hydrazone groups is 1. The van der Waals surface area contributed by atoms with Crippen LogP contribution in [0, 0.1) is 0 Å². The molecule has 3 rings (SSSR count). The first-order valence-electron chi connectivity index (χ1n) is 7.64. The first-order chi connectivity index (χ1) is 11.5. The van der Waals surface area contributed by atoms with Crippen molar-refractivity contribution >= 4 is 21.5 Å². The lowest BCUT2D eigenvalue weighted by Crippen LogP contribution is -2.23. The highest BCUT2D eigenvalue weighted by molar-refractivity contribution is 7.91. The summed E-state index contributed by atoms with van der Waals surface area (Å²) in [5.74, 6) is -0.218. The van der Waals surface area contributed by atoms with Crippen LogP contribution in [-0.4, -0.2) is 42.3 Å². The smallest absolute Gasteiger partial charge is 0.267 e. The molecule has 0 fully saturated rings. The molecule has 0 radical (unpaired) electrons. The van der Waals surface area contributed by atoms with Crippen molar-refractivity contribution in [2.45, 2.75) is 18.2 Å². The molecule has 1 aliphatic rings. The van der Waals surface area contributed by atoms with Gasteiger partial charge < -0.3 is 0 Å². The van der Waals surface area contributed by atoms with Crippen molar-refractivity contribution < 1.29 is 13.2 Å². The lowest BCUT2D eigenvalue weighted by Gasteiger charge is -2.11. The van der Waals surface area contributed by atoms with Crippen molar-refractivity contribution in [2.24, 2.45) is 5.10 Å². The van der Waals surface area contributed by atoms with Crippen molar-refractivity contribution in [3.63, 3.8) is 0 Å². The summed E-state index contributed by atoms with van der Waals surface area (Å²) in [5.41, 5.74) is 1.64. The van der Waals surface area contributed by atoms with E-state index in [1.165, 1.54) is 11.2 Å². The summed E-state index contributed by atoms with van der Waals surface area (Å²) in [7, 11) is -3.35. The van der Waals surface area contributed by atoms with Crippen molar-refractivity contribution in [1.82, 2.24) is 9.99 Å². The van der Waals surface area contributed by atoms with E-state index in [9.17, 15) is 13.2 Å². The summed E-state index contributed by atoms with van der Waals surface area (Å²) in [5, 5.41) is 5.71. The highest BCUT2D eigenvalue weighted by Gasteiger charge is 2.26. The molecule has 1 aromatic heterocycles. The van der Waals surface area contributed by atoms with Gasteiger partial charge in [-0.3, -0.25) is 9.78 Å². The van der Waals surface area contributed by atoms with Crippen LogP contribution in [0.1, 0.15) is 29.3 Å². The van der Waals surface area contributed by atoms with Gasteiger partial charge in [0.15, 0.2) is 9.84 Å². The van der Waals surface area contributed by atoms with Gasteiger partial charge in [0.1, 0.15) is 0 Å². The third kappa shape index (κ3) is 3.07. The highest BCUT2D eigenvalue weighted by atomic mass is 32.2. The maximum atomic E-state index is 12.4. The fraction of sp³-hybridized carbons (Fsp3) is 0.235. The van der Waals surface area contributed by atoms with E-state index in [2.05, 4.69) is 10.1 Å². The SMILES string of the molecule is CCS(=O)(=O)c1ccccc1C1=NN(C(=O)c2cccnc2)CC1. The fourth-order valence-electron chi connectivity index (χ4n) is 2.56. The van der Waals surface area contributed by atoms with Gasteiger partial charge in [-0.2, -0.15) is 5.10 Å². The molecule has 6 nitrogen and oxygen atoms in total. The summed E-state index contributed by atoms with van der Waals surface area (Å²) < 4.78 is 24.5. The molecule has 0 unspecified atom stereocenters. The Morgan fingerprint density at radius 3 is 2.71 bits per heavy atom. The molecule has 24 heavy (non-hydrogen) atoms. The summed E-state index contributed by atoms with van der Waals surface area (Å²) >= 11 is 0. The lowest BCUT2D eigenvalue weighted by molar-refractivity contribution is 0.0778. The maximum Gasteiger partial charge on any atom is 0.275 e. The van der Waals surface area contributed by atoms with Crippen LogP contribution >= 0.6 is 0 Å². The Morgan fingerprint density at radius 2 is 2.00 bits per heavy atom. The van der Waals surface area contributed by atoms with Crippen LogP contribution in [0.3, 0.4) is 0 Å². The summed E-state index contributed by atoms with van der Waals surface area (Å²) in [4.78, 5) is 16.6. The van der Waals surface area contributed by atoms with Gasteiger partial charge >= 0.3 is 0 Å². The summed E-state index contributed by atoms with van der Waals surface area (Å²) in [6, 6.07) is 10.2. The van der Waals surface area contributed by atoms with E-state index in [1.54, 1.807) is 49.5 Å². The van der Waals surface area contributed by atoms with Gasteiger partial charge in [-0.15, -0.1) is 0 Å². The Hall–Kier alpha value is -2.54. The number of nitrogens with zero attached hydrogens (tertiary/aromatic N) is 3. The lowest BCUT2D eigenvalue weighted by atomic mass is 10.1. The molecule has 0 N–H and O–H groups in total. The van der Waals surface area contributed by atoms with E-state index in [-0.39, 0.29) is 16.6 Å². The molecule has 1 aliphatic heterocycles. The third-order valence-corrected chi connectivity index (χ3v) is 5.64. The first-order valence-corrected chi connectivity index (χ1v) is 9.29. The number of hydrogen-bond donors (Lipinski definition) is 0. The van der Waals surface area contributed by atoms with Crippen LogP contribution in [0.4, 0.5) is 0 Å². The van der Waals surface area contributed by atoms with E-state index < -0.39 is 9.84 Å². The Kier molecular flexibility index (Phi) is 4.44. The molecule has 0 saturated carbocycles. The van der Waals surface area contributed by atoms with E-state index in [1.807, 2.05) is 0 Å². The first kappa shape index (κ1) is 16.3. The van der Waals surface area contributed by atoms with Gasteiger partial charge in [0, 0.05) is 24.4 Å². The second-order valence-corrected chi connectivity index (χ2v) is 7.61. The van der Waals surface area contributed by atoms with Crippen molar-refractivity contribution in [3.8, 4) is 0 Å². The summed E-state index contributed by atoms with van der Waals surface area (Å²) in [6.07, 6.45) is 3.61. The minimum Gasteiger partial charge on any atom is -0.267 e. The van der Waals surface area contributed by atoms with Crippen LogP contribution in [-0.2, 0) is 9.84 Å². The summed E-state index contributed by atoms with van der Waals surface area (Å²) in [6.45, 7) is 2.03. The van der Waals surface area contributed by atoms with Crippen LogP contribution < -0.4 is 0 Å². The van der Waals surface area contributed by atoms with Crippen molar-refractivity contribution in [2.75, 3.05) is 12.3 Å². The Morgan fingerprint density at radius 1 is 1.21 bits per heavy atom. The van der Waals surface area contributed by atoms with E-state index in [4.69, 9.17) is 0 Å².